The number of carbonyl (C=O) groups is 1. The van der Waals surface area contributed by atoms with Gasteiger partial charge >= 0.3 is 0 Å². The van der Waals surface area contributed by atoms with Gasteiger partial charge in [0.25, 0.3) is 0 Å². The van der Waals surface area contributed by atoms with Gasteiger partial charge in [0.05, 0.1) is 12.2 Å². The van der Waals surface area contributed by atoms with E-state index in [1.165, 1.54) is 18.4 Å². The molecule has 5 heteroatoms. The van der Waals surface area contributed by atoms with Gasteiger partial charge in [0, 0.05) is 37.8 Å². The summed E-state index contributed by atoms with van der Waals surface area (Å²) >= 11 is 0. The van der Waals surface area contributed by atoms with Crippen LogP contribution in [-0.4, -0.2) is 60.1 Å². The van der Waals surface area contributed by atoms with E-state index in [4.69, 9.17) is 10.5 Å². The average Bonchev–Trinajstić information content (AvgIpc) is 2.93. The van der Waals surface area contributed by atoms with E-state index in [0.717, 1.165) is 32.7 Å². The van der Waals surface area contributed by atoms with Crippen LogP contribution in [0.4, 0.5) is 0 Å². The number of nitrogens with zero attached hydrogens (tertiary/aromatic N) is 2. The van der Waals surface area contributed by atoms with Crippen molar-refractivity contribution in [2.24, 2.45) is 5.73 Å². The summed E-state index contributed by atoms with van der Waals surface area (Å²) in [6, 6.07) is 8.30. The third kappa shape index (κ3) is 4.35. The SMILES string of the molecule is CC1CN(CC2CCCN2Cc2cccc(C(N)=O)c2)CC(C)O1. The molecule has 3 rings (SSSR count). The molecule has 1 aromatic rings. The maximum Gasteiger partial charge on any atom is 0.248 e. The molecule has 2 heterocycles. The third-order valence-electron chi connectivity index (χ3n) is 5.06. The number of primary amides is 1. The van der Waals surface area contributed by atoms with Crippen LogP contribution in [0.25, 0.3) is 0 Å². The molecule has 0 aliphatic carbocycles. The van der Waals surface area contributed by atoms with Crippen LogP contribution in [-0.2, 0) is 11.3 Å². The van der Waals surface area contributed by atoms with Gasteiger partial charge in [-0.1, -0.05) is 12.1 Å². The fourth-order valence-electron chi connectivity index (χ4n) is 4.10. The first-order valence-electron chi connectivity index (χ1n) is 9.02. The van der Waals surface area contributed by atoms with Crippen molar-refractivity contribution in [1.29, 1.82) is 0 Å². The van der Waals surface area contributed by atoms with Crippen LogP contribution in [0.15, 0.2) is 24.3 Å². The van der Waals surface area contributed by atoms with E-state index in [9.17, 15) is 4.79 Å². The fraction of sp³-hybridized carbons (Fsp3) is 0.632. The number of hydrogen-bond donors (Lipinski definition) is 1. The number of likely N-dealkylation sites (tertiary alicyclic amines) is 1. The molecule has 1 aromatic carbocycles. The number of benzene rings is 1. The maximum atomic E-state index is 11.4. The molecular weight excluding hydrogens is 302 g/mol. The van der Waals surface area contributed by atoms with E-state index < -0.39 is 0 Å². The highest BCUT2D eigenvalue weighted by molar-refractivity contribution is 5.92. The molecule has 2 aliphatic rings. The zero-order valence-electron chi connectivity index (χ0n) is 14.8. The summed E-state index contributed by atoms with van der Waals surface area (Å²) in [4.78, 5) is 16.5. The lowest BCUT2D eigenvalue weighted by molar-refractivity contribution is -0.0724. The van der Waals surface area contributed by atoms with Crippen LogP contribution in [0, 0.1) is 0 Å². The second kappa shape index (κ2) is 7.64. The number of carbonyl (C=O) groups excluding carboxylic acids is 1. The van der Waals surface area contributed by atoms with Crippen LogP contribution in [0.5, 0.6) is 0 Å². The molecule has 3 atom stereocenters. The zero-order valence-corrected chi connectivity index (χ0v) is 14.8. The lowest BCUT2D eigenvalue weighted by Crippen LogP contribution is -2.50. The monoisotopic (exact) mass is 331 g/mol. The third-order valence-corrected chi connectivity index (χ3v) is 5.06. The van der Waals surface area contributed by atoms with Crippen LogP contribution in [0.2, 0.25) is 0 Å². The van der Waals surface area contributed by atoms with Crippen molar-refractivity contribution in [2.45, 2.75) is 51.5 Å². The molecule has 1 amide bonds. The Kier molecular flexibility index (Phi) is 5.54. The van der Waals surface area contributed by atoms with Gasteiger partial charge in [-0.25, -0.2) is 0 Å². The molecule has 0 aromatic heterocycles. The van der Waals surface area contributed by atoms with E-state index in [2.05, 4.69) is 29.7 Å². The molecule has 5 nitrogen and oxygen atoms in total. The van der Waals surface area contributed by atoms with Gasteiger partial charge in [0.2, 0.25) is 5.91 Å². The summed E-state index contributed by atoms with van der Waals surface area (Å²) < 4.78 is 5.84. The Morgan fingerprint density at radius 1 is 1.29 bits per heavy atom. The van der Waals surface area contributed by atoms with Crippen molar-refractivity contribution in [2.75, 3.05) is 26.2 Å². The van der Waals surface area contributed by atoms with Crippen molar-refractivity contribution < 1.29 is 9.53 Å². The fourth-order valence-corrected chi connectivity index (χ4v) is 4.10. The minimum atomic E-state index is -0.355. The van der Waals surface area contributed by atoms with Crippen molar-refractivity contribution in [3.63, 3.8) is 0 Å². The molecule has 0 saturated carbocycles. The van der Waals surface area contributed by atoms with Crippen molar-refractivity contribution in [3.8, 4) is 0 Å². The minimum absolute atomic E-state index is 0.316. The maximum absolute atomic E-state index is 11.4. The van der Waals surface area contributed by atoms with E-state index in [-0.39, 0.29) is 5.91 Å². The first kappa shape index (κ1) is 17.4. The number of amides is 1. The van der Waals surface area contributed by atoms with Gasteiger partial charge < -0.3 is 10.5 Å². The van der Waals surface area contributed by atoms with Crippen LogP contribution in [0.3, 0.4) is 0 Å². The summed E-state index contributed by atoms with van der Waals surface area (Å²) in [5.41, 5.74) is 7.16. The summed E-state index contributed by atoms with van der Waals surface area (Å²) in [6.45, 7) is 9.47. The molecule has 0 spiro atoms. The number of rotatable bonds is 5. The highest BCUT2D eigenvalue weighted by Gasteiger charge is 2.29. The summed E-state index contributed by atoms with van der Waals surface area (Å²) in [5.74, 6) is -0.355. The second-order valence-electron chi connectivity index (χ2n) is 7.31. The van der Waals surface area contributed by atoms with Gasteiger partial charge in [-0.2, -0.15) is 0 Å². The minimum Gasteiger partial charge on any atom is -0.373 e. The van der Waals surface area contributed by atoms with Gasteiger partial charge in [-0.3, -0.25) is 14.6 Å². The molecule has 132 valence electrons. The number of ether oxygens (including phenoxy) is 1. The van der Waals surface area contributed by atoms with Crippen molar-refractivity contribution >= 4 is 5.91 Å². The van der Waals surface area contributed by atoms with E-state index in [1.54, 1.807) is 6.07 Å². The predicted octanol–water partition coefficient (Wildman–Crippen LogP) is 1.86. The first-order chi connectivity index (χ1) is 11.5. The number of hydrogen-bond acceptors (Lipinski definition) is 4. The molecular formula is C19H29N3O2. The topological polar surface area (TPSA) is 58.8 Å². The Balaban J connectivity index is 1.61. The standard InChI is InChI=1S/C19H29N3O2/c1-14-10-21(11-15(2)24-14)13-18-7-4-8-22(18)12-16-5-3-6-17(9-16)19(20)23/h3,5-6,9,14-15,18H,4,7-8,10-13H2,1-2H3,(H2,20,23). The largest absolute Gasteiger partial charge is 0.373 e. The molecule has 2 N–H and O–H groups in total. The molecule has 24 heavy (non-hydrogen) atoms. The number of nitrogens with two attached hydrogens (primary N) is 1. The van der Waals surface area contributed by atoms with Crippen molar-refractivity contribution in [3.05, 3.63) is 35.4 Å². The van der Waals surface area contributed by atoms with Gasteiger partial charge in [-0.15, -0.1) is 0 Å². The Bertz CT molecular complexity index is 567. The first-order valence-corrected chi connectivity index (χ1v) is 9.02. The normalized spacial score (nSPS) is 29.0. The van der Waals surface area contributed by atoms with Crippen LogP contribution >= 0.6 is 0 Å². The Morgan fingerprint density at radius 2 is 2.04 bits per heavy atom. The molecule has 0 radical (unpaired) electrons. The van der Waals surface area contributed by atoms with Gasteiger partial charge in [0.1, 0.15) is 0 Å². The number of morpholine rings is 1. The summed E-state index contributed by atoms with van der Waals surface area (Å²) in [7, 11) is 0. The lowest BCUT2D eigenvalue weighted by Gasteiger charge is -2.38. The highest BCUT2D eigenvalue weighted by Crippen LogP contribution is 2.23. The smallest absolute Gasteiger partial charge is 0.248 e. The Labute approximate surface area is 144 Å². The van der Waals surface area contributed by atoms with E-state index >= 15 is 0 Å². The molecule has 2 saturated heterocycles. The lowest BCUT2D eigenvalue weighted by atomic mass is 10.1. The van der Waals surface area contributed by atoms with E-state index in [0.29, 0.717) is 23.8 Å². The summed E-state index contributed by atoms with van der Waals surface area (Å²) in [6.07, 6.45) is 3.12. The van der Waals surface area contributed by atoms with Crippen LogP contribution < -0.4 is 5.73 Å². The Morgan fingerprint density at radius 3 is 2.75 bits per heavy atom. The molecule has 0 bridgehead atoms. The molecule has 3 unspecified atom stereocenters. The van der Waals surface area contributed by atoms with Crippen LogP contribution in [0.1, 0.15) is 42.6 Å². The van der Waals surface area contributed by atoms with Gasteiger partial charge in [-0.05, 0) is 50.9 Å². The van der Waals surface area contributed by atoms with Gasteiger partial charge in [0.15, 0.2) is 0 Å². The van der Waals surface area contributed by atoms with Crippen molar-refractivity contribution in [1.82, 2.24) is 9.80 Å². The predicted molar refractivity (Wildman–Crippen MR) is 94.8 cm³/mol. The second-order valence-corrected chi connectivity index (χ2v) is 7.31. The molecule has 2 aliphatic heterocycles. The Hall–Kier alpha value is -1.43. The highest BCUT2D eigenvalue weighted by atomic mass is 16.5. The quantitative estimate of drug-likeness (QED) is 0.895. The zero-order chi connectivity index (χ0) is 17.1. The summed E-state index contributed by atoms with van der Waals surface area (Å²) in [5, 5.41) is 0. The average molecular weight is 331 g/mol. The van der Waals surface area contributed by atoms with E-state index in [1.807, 2.05) is 12.1 Å². The molecule has 2 fully saturated rings.